The van der Waals surface area contributed by atoms with Crippen LogP contribution >= 0.6 is 11.3 Å². The standard InChI is InChI=1S/C12H21N3OS/c1-6-9(8-13-2)7-10-11(16-5)14-12(17-10)15(3)4/h7,13H,6,8H2,1-5H3. The SMILES string of the molecule is CCC(=Cc1sc(N(C)C)nc1OC)CNC. The van der Waals surface area contributed by atoms with Gasteiger partial charge in [-0.3, -0.25) is 0 Å². The van der Waals surface area contributed by atoms with E-state index in [-0.39, 0.29) is 0 Å². The molecule has 0 spiro atoms. The number of anilines is 1. The van der Waals surface area contributed by atoms with Gasteiger partial charge in [0.25, 0.3) is 0 Å². The summed E-state index contributed by atoms with van der Waals surface area (Å²) in [4.78, 5) is 7.51. The highest BCUT2D eigenvalue weighted by Gasteiger charge is 2.11. The molecule has 0 bridgehead atoms. The van der Waals surface area contributed by atoms with Gasteiger partial charge < -0.3 is 15.0 Å². The van der Waals surface area contributed by atoms with Crippen molar-refractivity contribution in [3.8, 4) is 5.88 Å². The van der Waals surface area contributed by atoms with Crippen LogP contribution in [-0.2, 0) is 0 Å². The molecule has 0 amide bonds. The van der Waals surface area contributed by atoms with E-state index in [1.54, 1.807) is 18.4 Å². The number of thiazole rings is 1. The van der Waals surface area contributed by atoms with Gasteiger partial charge in [0.15, 0.2) is 5.13 Å². The zero-order chi connectivity index (χ0) is 12.8. The third-order valence-corrected chi connectivity index (χ3v) is 3.53. The molecular weight excluding hydrogens is 234 g/mol. The molecule has 0 aliphatic carbocycles. The van der Waals surface area contributed by atoms with Gasteiger partial charge in [0.2, 0.25) is 5.88 Å². The number of nitrogens with zero attached hydrogens (tertiary/aromatic N) is 2. The van der Waals surface area contributed by atoms with E-state index in [0.717, 1.165) is 23.0 Å². The van der Waals surface area contributed by atoms with E-state index in [2.05, 4.69) is 23.3 Å². The van der Waals surface area contributed by atoms with Crippen LogP contribution in [0, 0.1) is 0 Å². The molecule has 0 aliphatic heterocycles. The Morgan fingerprint density at radius 3 is 2.71 bits per heavy atom. The zero-order valence-corrected chi connectivity index (χ0v) is 12.0. The number of nitrogens with one attached hydrogen (secondary N) is 1. The second kappa shape index (κ2) is 6.61. The maximum Gasteiger partial charge on any atom is 0.233 e. The highest BCUT2D eigenvalue weighted by atomic mass is 32.1. The molecule has 0 saturated heterocycles. The van der Waals surface area contributed by atoms with Crippen LogP contribution in [0.5, 0.6) is 5.88 Å². The Hall–Kier alpha value is -1.07. The van der Waals surface area contributed by atoms with Crippen molar-refractivity contribution in [3.63, 3.8) is 0 Å². The van der Waals surface area contributed by atoms with Crippen molar-refractivity contribution >= 4 is 22.5 Å². The average Bonchev–Trinajstić information content (AvgIpc) is 2.71. The summed E-state index contributed by atoms with van der Waals surface area (Å²) in [5.41, 5.74) is 1.35. The van der Waals surface area contributed by atoms with Crippen LogP contribution < -0.4 is 15.0 Å². The van der Waals surface area contributed by atoms with Gasteiger partial charge in [-0.1, -0.05) is 23.8 Å². The van der Waals surface area contributed by atoms with Crippen molar-refractivity contribution in [1.29, 1.82) is 0 Å². The third-order valence-electron chi connectivity index (χ3n) is 2.38. The van der Waals surface area contributed by atoms with Crippen LogP contribution in [0.4, 0.5) is 5.13 Å². The Morgan fingerprint density at radius 1 is 1.53 bits per heavy atom. The first-order valence-electron chi connectivity index (χ1n) is 5.68. The summed E-state index contributed by atoms with van der Waals surface area (Å²) in [7, 11) is 7.59. The number of likely N-dealkylation sites (N-methyl/N-ethyl adjacent to an activating group) is 1. The van der Waals surface area contributed by atoms with Gasteiger partial charge in [0.1, 0.15) is 0 Å². The van der Waals surface area contributed by atoms with E-state index in [1.807, 2.05) is 26.0 Å². The summed E-state index contributed by atoms with van der Waals surface area (Å²) in [5.74, 6) is 0.709. The van der Waals surface area contributed by atoms with Crippen molar-refractivity contribution in [1.82, 2.24) is 10.3 Å². The molecule has 96 valence electrons. The average molecular weight is 255 g/mol. The highest BCUT2D eigenvalue weighted by molar-refractivity contribution is 7.16. The normalized spacial score (nSPS) is 11.7. The predicted molar refractivity (Wildman–Crippen MR) is 75.2 cm³/mol. The summed E-state index contributed by atoms with van der Waals surface area (Å²) in [6.07, 6.45) is 3.19. The third kappa shape index (κ3) is 3.71. The topological polar surface area (TPSA) is 37.4 Å². The summed E-state index contributed by atoms with van der Waals surface area (Å²) >= 11 is 1.65. The lowest BCUT2D eigenvalue weighted by Gasteiger charge is -2.04. The zero-order valence-electron chi connectivity index (χ0n) is 11.2. The molecule has 4 nitrogen and oxygen atoms in total. The quantitative estimate of drug-likeness (QED) is 0.846. The second-order valence-electron chi connectivity index (χ2n) is 3.95. The molecule has 1 N–H and O–H groups in total. The minimum atomic E-state index is 0.709. The highest BCUT2D eigenvalue weighted by Crippen LogP contribution is 2.32. The molecule has 5 heteroatoms. The fraction of sp³-hybridized carbons (Fsp3) is 0.583. The maximum absolute atomic E-state index is 5.31. The minimum Gasteiger partial charge on any atom is -0.480 e. The molecule has 0 saturated carbocycles. The molecule has 1 heterocycles. The molecule has 0 radical (unpaired) electrons. The van der Waals surface area contributed by atoms with Gasteiger partial charge in [-0.2, -0.15) is 4.98 Å². The molecule has 0 atom stereocenters. The molecule has 1 rings (SSSR count). The van der Waals surface area contributed by atoms with Crippen LogP contribution in [0.25, 0.3) is 6.08 Å². The predicted octanol–water partition coefficient (Wildman–Crippen LogP) is 2.23. The van der Waals surface area contributed by atoms with Crippen molar-refractivity contribution in [2.45, 2.75) is 13.3 Å². The molecular formula is C12H21N3OS. The number of hydrogen-bond acceptors (Lipinski definition) is 5. The van der Waals surface area contributed by atoms with Crippen molar-refractivity contribution in [3.05, 3.63) is 10.5 Å². The molecule has 17 heavy (non-hydrogen) atoms. The van der Waals surface area contributed by atoms with Gasteiger partial charge in [0, 0.05) is 20.6 Å². The second-order valence-corrected chi connectivity index (χ2v) is 4.96. The lowest BCUT2D eigenvalue weighted by molar-refractivity contribution is 0.400. The van der Waals surface area contributed by atoms with E-state index in [1.165, 1.54) is 5.57 Å². The first kappa shape index (κ1) is 14.0. The van der Waals surface area contributed by atoms with Crippen molar-refractivity contribution < 1.29 is 4.74 Å². The Morgan fingerprint density at radius 2 is 2.24 bits per heavy atom. The summed E-state index contributed by atoms with van der Waals surface area (Å²) in [6.45, 7) is 3.05. The van der Waals surface area contributed by atoms with E-state index < -0.39 is 0 Å². The van der Waals surface area contributed by atoms with Crippen LogP contribution in [0.2, 0.25) is 0 Å². The summed E-state index contributed by atoms with van der Waals surface area (Å²) < 4.78 is 5.31. The van der Waals surface area contributed by atoms with Gasteiger partial charge in [-0.05, 0) is 19.5 Å². The molecule has 0 aliphatic rings. The van der Waals surface area contributed by atoms with Crippen LogP contribution in [0.15, 0.2) is 5.57 Å². The smallest absolute Gasteiger partial charge is 0.233 e. The number of hydrogen-bond donors (Lipinski definition) is 1. The fourth-order valence-electron chi connectivity index (χ4n) is 1.43. The van der Waals surface area contributed by atoms with Crippen LogP contribution in [0.3, 0.4) is 0 Å². The Kier molecular flexibility index (Phi) is 5.44. The first-order chi connectivity index (χ1) is 8.12. The molecule has 0 fully saturated rings. The monoisotopic (exact) mass is 255 g/mol. The van der Waals surface area contributed by atoms with Gasteiger partial charge in [-0.25, -0.2) is 0 Å². The van der Waals surface area contributed by atoms with Crippen LogP contribution in [-0.4, -0.2) is 39.8 Å². The lowest BCUT2D eigenvalue weighted by atomic mass is 10.2. The molecule has 0 aromatic carbocycles. The number of methoxy groups -OCH3 is 1. The number of aromatic nitrogens is 1. The lowest BCUT2D eigenvalue weighted by Crippen LogP contribution is -2.09. The van der Waals surface area contributed by atoms with Gasteiger partial charge in [0.05, 0.1) is 12.0 Å². The van der Waals surface area contributed by atoms with Crippen molar-refractivity contribution in [2.24, 2.45) is 0 Å². The minimum absolute atomic E-state index is 0.709. The molecule has 0 unspecified atom stereocenters. The fourth-order valence-corrected chi connectivity index (χ4v) is 2.38. The Bertz CT molecular complexity index is 385. The first-order valence-corrected chi connectivity index (χ1v) is 6.50. The van der Waals surface area contributed by atoms with Crippen molar-refractivity contribution in [2.75, 3.05) is 39.7 Å². The van der Waals surface area contributed by atoms with E-state index in [0.29, 0.717) is 5.88 Å². The van der Waals surface area contributed by atoms with E-state index in [9.17, 15) is 0 Å². The largest absolute Gasteiger partial charge is 0.480 e. The molecule has 1 aromatic heterocycles. The number of rotatable bonds is 6. The maximum atomic E-state index is 5.31. The van der Waals surface area contributed by atoms with Crippen LogP contribution in [0.1, 0.15) is 18.2 Å². The van der Waals surface area contributed by atoms with Gasteiger partial charge >= 0.3 is 0 Å². The summed E-state index contributed by atoms with van der Waals surface area (Å²) in [6, 6.07) is 0. The number of ether oxygens (including phenoxy) is 1. The van der Waals surface area contributed by atoms with E-state index in [4.69, 9.17) is 4.74 Å². The Labute approximate surface area is 107 Å². The Balaban J connectivity index is 3.02. The summed E-state index contributed by atoms with van der Waals surface area (Å²) in [5, 5.41) is 4.14. The van der Waals surface area contributed by atoms with Gasteiger partial charge in [-0.15, -0.1) is 0 Å². The van der Waals surface area contributed by atoms with E-state index >= 15 is 0 Å². The molecule has 1 aromatic rings.